The van der Waals surface area contributed by atoms with Crippen LogP contribution in [0.3, 0.4) is 0 Å². The number of hydrogen-bond acceptors (Lipinski definition) is 3. The Morgan fingerprint density at radius 2 is 2.06 bits per heavy atom. The molecule has 1 N–H and O–H groups in total. The molecule has 0 aliphatic rings. The zero-order valence-electron chi connectivity index (χ0n) is 10.2. The molecular weight excluding hydrogens is 226 g/mol. The van der Waals surface area contributed by atoms with Crippen molar-refractivity contribution in [1.82, 2.24) is 0 Å². The average molecular weight is 244 g/mol. The van der Waals surface area contributed by atoms with Crippen LogP contribution >= 0.6 is 11.6 Å². The number of rotatable bonds is 4. The van der Waals surface area contributed by atoms with Crippen molar-refractivity contribution in [3.05, 3.63) is 22.2 Å². The van der Waals surface area contributed by atoms with Crippen molar-refractivity contribution >= 4 is 17.3 Å². The van der Waals surface area contributed by atoms with Crippen molar-refractivity contribution in [2.45, 2.75) is 13.8 Å². The van der Waals surface area contributed by atoms with Crippen molar-refractivity contribution < 1.29 is 9.84 Å². The third kappa shape index (κ3) is 2.42. The molecule has 0 amide bonds. The Balaban J connectivity index is 3.29. The number of halogens is 1. The Morgan fingerprint density at radius 3 is 2.56 bits per heavy atom. The Bertz CT molecular complexity index is 380. The van der Waals surface area contributed by atoms with Gasteiger partial charge in [0, 0.05) is 18.6 Å². The van der Waals surface area contributed by atoms with Gasteiger partial charge in [-0.3, -0.25) is 0 Å². The third-order valence-electron chi connectivity index (χ3n) is 2.65. The van der Waals surface area contributed by atoms with Crippen LogP contribution in [0.15, 0.2) is 6.07 Å². The number of methoxy groups -OCH3 is 1. The second-order valence-corrected chi connectivity index (χ2v) is 4.21. The van der Waals surface area contributed by atoms with E-state index < -0.39 is 0 Å². The first-order valence-corrected chi connectivity index (χ1v) is 5.56. The van der Waals surface area contributed by atoms with Gasteiger partial charge >= 0.3 is 0 Å². The molecule has 0 bridgehead atoms. The Morgan fingerprint density at radius 1 is 1.44 bits per heavy atom. The maximum absolute atomic E-state index is 8.96. The fourth-order valence-corrected chi connectivity index (χ4v) is 1.95. The summed E-state index contributed by atoms with van der Waals surface area (Å²) in [5.74, 6) is 0.787. The molecule has 1 aromatic carbocycles. The van der Waals surface area contributed by atoms with Crippen LogP contribution in [0.2, 0.25) is 5.02 Å². The van der Waals surface area contributed by atoms with Crippen LogP contribution in [-0.4, -0.2) is 32.4 Å². The van der Waals surface area contributed by atoms with E-state index in [9.17, 15) is 0 Å². The summed E-state index contributed by atoms with van der Waals surface area (Å²) in [7, 11) is 3.55. The summed E-state index contributed by atoms with van der Waals surface area (Å²) in [5.41, 5.74) is 2.92. The van der Waals surface area contributed by atoms with Crippen LogP contribution in [0.5, 0.6) is 5.75 Å². The second kappa shape index (κ2) is 5.41. The number of aliphatic hydroxyl groups is 1. The number of nitrogens with zero attached hydrogens (tertiary/aromatic N) is 1. The Labute approximate surface area is 102 Å². The lowest BCUT2D eigenvalue weighted by Crippen LogP contribution is -2.22. The molecule has 0 heterocycles. The highest BCUT2D eigenvalue weighted by molar-refractivity contribution is 6.32. The summed E-state index contributed by atoms with van der Waals surface area (Å²) in [4.78, 5) is 1.94. The van der Waals surface area contributed by atoms with Crippen molar-refractivity contribution in [2.24, 2.45) is 0 Å². The number of hydrogen-bond donors (Lipinski definition) is 1. The molecule has 0 unspecified atom stereocenters. The predicted octanol–water partition coefficient (Wildman–Crippen LogP) is 2.39. The summed E-state index contributed by atoms with van der Waals surface area (Å²) < 4.78 is 5.35. The van der Waals surface area contributed by atoms with Gasteiger partial charge in [-0.1, -0.05) is 11.6 Å². The molecular formula is C12H18ClNO2. The fourth-order valence-electron chi connectivity index (χ4n) is 1.80. The van der Waals surface area contributed by atoms with Gasteiger partial charge in [-0.2, -0.15) is 0 Å². The van der Waals surface area contributed by atoms with Gasteiger partial charge < -0.3 is 14.7 Å². The molecule has 1 rings (SSSR count). The highest BCUT2D eigenvalue weighted by Gasteiger charge is 2.15. The van der Waals surface area contributed by atoms with Crippen LogP contribution in [0, 0.1) is 13.8 Å². The van der Waals surface area contributed by atoms with Gasteiger partial charge in [-0.05, 0) is 31.0 Å². The summed E-state index contributed by atoms with van der Waals surface area (Å²) >= 11 is 6.21. The zero-order chi connectivity index (χ0) is 12.3. The third-order valence-corrected chi connectivity index (χ3v) is 3.23. The molecule has 0 spiro atoms. The number of ether oxygens (including phenoxy) is 1. The van der Waals surface area contributed by atoms with Gasteiger partial charge in [0.25, 0.3) is 0 Å². The SMILES string of the molecule is COc1cc(C)c(Cl)c(C)c1N(C)CCO. The summed E-state index contributed by atoms with van der Waals surface area (Å²) in [6.45, 7) is 4.57. The van der Waals surface area contributed by atoms with Gasteiger partial charge in [0.1, 0.15) is 5.75 Å². The minimum absolute atomic E-state index is 0.102. The molecule has 0 aromatic heterocycles. The number of aliphatic hydroxyl groups excluding tert-OH is 1. The number of likely N-dealkylation sites (N-methyl/N-ethyl adjacent to an activating group) is 1. The van der Waals surface area contributed by atoms with Crippen LogP contribution in [0.1, 0.15) is 11.1 Å². The standard InChI is InChI=1S/C12H18ClNO2/c1-8-7-10(16-4)12(9(2)11(8)13)14(3)5-6-15/h7,15H,5-6H2,1-4H3. The first-order valence-electron chi connectivity index (χ1n) is 5.18. The highest BCUT2D eigenvalue weighted by atomic mass is 35.5. The molecule has 16 heavy (non-hydrogen) atoms. The quantitative estimate of drug-likeness (QED) is 0.882. The minimum atomic E-state index is 0.102. The van der Waals surface area contributed by atoms with E-state index in [1.807, 2.05) is 31.9 Å². The molecule has 0 saturated heterocycles. The number of anilines is 1. The van der Waals surface area contributed by atoms with E-state index in [2.05, 4.69) is 0 Å². The van der Waals surface area contributed by atoms with Crippen LogP contribution < -0.4 is 9.64 Å². The molecule has 0 atom stereocenters. The van der Waals surface area contributed by atoms with E-state index in [1.165, 1.54) is 0 Å². The maximum atomic E-state index is 8.96. The van der Waals surface area contributed by atoms with Gasteiger partial charge in [0.15, 0.2) is 0 Å². The first-order chi connectivity index (χ1) is 7.52. The Hall–Kier alpha value is -0.930. The number of benzene rings is 1. The maximum Gasteiger partial charge on any atom is 0.142 e. The Kier molecular flexibility index (Phi) is 4.44. The molecule has 0 fully saturated rings. The summed E-state index contributed by atoms with van der Waals surface area (Å²) in [5, 5.41) is 9.71. The summed E-state index contributed by atoms with van der Waals surface area (Å²) in [6.07, 6.45) is 0. The highest BCUT2D eigenvalue weighted by Crippen LogP contribution is 2.37. The minimum Gasteiger partial charge on any atom is -0.495 e. The van der Waals surface area contributed by atoms with Gasteiger partial charge in [0.05, 0.1) is 19.4 Å². The largest absolute Gasteiger partial charge is 0.495 e. The monoisotopic (exact) mass is 243 g/mol. The predicted molar refractivity (Wildman–Crippen MR) is 67.8 cm³/mol. The molecule has 1 aromatic rings. The van der Waals surface area contributed by atoms with Crippen LogP contribution in [-0.2, 0) is 0 Å². The smallest absolute Gasteiger partial charge is 0.142 e. The molecule has 4 heteroatoms. The van der Waals surface area contributed by atoms with Crippen molar-refractivity contribution in [3.63, 3.8) is 0 Å². The lowest BCUT2D eigenvalue weighted by atomic mass is 10.1. The first kappa shape index (κ1) is 13.1. The van der Waals surface area contributed by atoms with E-state index in [1.54, 1.807) is 7.11 Å². The van der Waals surface area contributed by atoms with E-state index in [-0.39, 0.29) is 6.61 Å². The number of aryl methyl sites for hydroxylation is 1. The van der Waals surface area contributed by atoms with Crippen LogP contribution in [0.25, 0.3) is 0 Å². The molecule has 3 nitrogen and oxygen atoms in total. The second-order valence-electron chi connectivity index (χ2n) is 3.83. The van der Waals surface area contributed by atoms with E-state index in [0.29, 0.717) is 6.54 Å². The zero-order valence-corrected chi connectivity index (χ0v) is 10.9. The van der Waals surface area contributed by atoms with E-state index in [4.69, 9.17) is 21.4 Å². The lowest BCUT2D eigenvalue weighted by Gasteiger charge is -2.24. The molecule has 90 valence electrons. The molecule has 0 aliphatic carbocycles. The van der Waals surface area contributed by atoms with E-state index in [0.717, 1.165) is 27.6 Å². The van der Waals surface area contributed by atoms with Gasteiger partial charge in [-0.25, -0.2) is 0 Å². The van der Waals surface area contributed by atoms with Crippen molar-refractivity contribution in [3.8, 4) is 5.75 Å². The fraction of sp³-hybridized carbons (Fsp3) is 0.500. The molecule has 0 saturated carbocycles. The summed E-state index contributed by atoms with van der Waals surface area (Å²) in [6, 6.07) is 1.92. The van der Waals surface area contributed by atoms with Crippen molar-refractivity contribution in [2.75, 3.05) is 32.2 Å². The lowest BCUT2D eigenvalue weighted by molar-refractivity contribution is 0.303. The normalized spacial score (nSPS) is 10.4. The van der Waals surface area contributed by atoms with Gasteiger partial charge in [-0.15, -0.1) is 0 Å². The van der Waals surface area contributed by atoms with Gasteiger partial charge in [0.2, 0.25) is 0 Å². The van der Waals surface area contributed by atoms with Crippen LogP contribution in [0.4, 0.5) is 5.69 Å². The van der Waals surface area contributed by atoms with E-state index >= 15 is 0 Å². The average Bonchev–Trinajstić information content (AvgIpc) is 2.25. The molecule has 0 radical (unpaired) electrons. The molecule has 0 aliphatic heterocycles. The van der Waals surface area contributed by atoms with Crippen molar-refractivity contribution in [1.29, 1.82) is 0 Å². The topological polar surface area (TPSA) is 32.7 Å².